The Morgan fingerprint density at radius 3 is 2.67 bits per heavy atom. The molecule has 1 fully saturated rings. The molecule has 4 rings (SSSR count). The smallest absolute Gasteiger partial charge is 0.256 e. The van der Waals surface area contributed by atoms with E-state index in [-0.39, 0.29) is 23.9 Å². The SMILES string of the molecule is O=C(c1ccc(F)c(F)c1F)N1CCC[C@@H](Cc2nc(-c3ccccc3F)no2)C1. The van der Waals surface area contributed by atoms with Crippen LogP contribution in [0.1, 0.15) is 29.1 Å². The summed E-state index contributed by atoms with van der Waals surface area (Å²) in [7, 11) is 0. The molecule has 0 spiro atoms. The Labute approximate surface area is 169 Å². The third kappa shape index (κ3) is 3.92. The van der Waals surface area contributed by atoms with Crippen LogP contribution in [0.5, 0.6) is 0 Å². The fraction of sp³-hybridized carbons (Fsp3) is 0.286. The van der Waals surface area contributed by atoms with Crippen LogP contribution in [0.3, 0.4) is 0 Å². The zero-order valence-electron chi connectivity index (χ0n) is 15.7. The number of nitrogens with zero attached hydrogens (tertiary/aromatic N) is 3. The maximum absolute atomic E-state index is 14.0. The summed E-state index contributed by atoms with van der Waals surface area (Å²) < 4.78 is 59.7. The quantitative estimate of drug-likeness (QED) is 0.465. The number of carbonyl (C=O) groups is 1. The van der Waals surface area contributed by atoms with Crippen LogP contribution in [0.2, 0.25) is 0 Å². The Morgan fingerprint density at radius 2 is 1.87 bits per heavy atom. The van der Waals surface area contributed by atoms with Gasteiger partial charge >= 0.3 is 0 Å². The Hall–Kier alpha value is -3.23. The van der Waals surface area contributed by atoms with E-state index in [1.54, 1.807) is 18.2 Å². The molecule has 0 unspecified atom stereocenters. The summed E-state index contributed by atoms with van der Waals surface area (Å²) in [5.74, 6) is -5.29. The molecule has 1 atom stereocenters. The van der Waals surface area contributed by atoms with E-state index in [0.717, 1.165) is 18.6 Å². The molecule has 30 heavy (non-hydrogen) atoms. The second-order valence-corrected chi connectivity index (χ2v) is 7.18. The molecule has 0 aliphatic carbocycles. The van der Waals surface area contributed by atoms with Gasteiger partial charge in [0, 0.05) is 19.5 Å². The van der Waals surface area contributed by atoms with Crippen LogP contribution in [0.25, 0.3) is 11.4 Å². The van der Waals surface area contributed by atoms with Crippen molar-refractivity contribution in [3.05, 3.63) is 71.1 Å². The molecule has 5 nitrogen and oxygen atoms in total. The molecule has 156 valence electrons. The van der Waals surface area contributed by atoms with Crippen molar-refractivity contribution < 1.29 is 26.9 Å². The number of benzene rings is 2. The third-order valence-electron chi connectivity index (χ3n) is 5.12. The third-order valence-corrected chi connectivity index (χ3v) is 5.12. The van der Waals surface area contributed by atoms with Gasteiger partial charge in [0.2, 0.25) is 11.7 Å². The maximum Gasteiger partial charge on any atom is 0.256 e. The van der Waals surface area contributed by atoms with Crippen molar-refractivity contribution in [3.8, 4) is 11.4 Å². The second-order valence-electron chi connectivity index (χ2n) is 7.18. The van der Waals surface area contributed by atoms with Crippen molar-refractivity contribution in [2.45, 2.75) is 19.3 Å². The van der Waals surface area contributed by atoms with E-state index >= 15 is 0 Å². The molecule has 0 saturated carbocycles. The van der Waals surface area contributed by atoms with Gasteiger partial charge in [-0.25, -0.2) is 17.6 Å². The summed E-state index contributed by atoms with van der Waals surface area (Å²) in [6.45, 7) is 0.646. The average Bonchev–Trinajstić information content (AvgIpc) is 3.20. The van der Waals surface area contributed by atoms with E-state index in [9.17, 15) is 22.4 Å². The number of piperidine rings is 1. The molecular formula is C21H17F4N3O2. The lowest BCUT2D eigenvalue weighted by Crippen LogP contribution is -2.41. The summed E-state index contributed by atoms with van der Waals surface area (Å²) in [4.78, 5) is 18.2. The van der Waals surface area contributed by atoms with Gasteiger partial charge in [-0.3, -0.25) is 4.79 Å². The number of carbonyl (C=O) groups excluding carboxylic acids is 1. The van der Waals surface area contributed by atoms with E-state index in [4.69, 9.17) is 4.52 Å². The van der Waals surface area contributed by atoms with E-state index < -0.39 is 34.7 Å². The number of halogens is 4. The first-order valence-corrected chi connectivity index (χ1v) is 9.44. The zero-order chi connectivity index (χ0) is 21.3. The molecule has 2 heterocycles. The highest BCUT2D eigenvalue weighted by Gasteiger charge is 2.29. The van der Waals surface area contributed by atoms with Crippen LogP contribution >= 0.6 is 0 Å². The van der Waals surface area contributed by atoms with Gasteiger partial charge in [0.1, 0.15) is 5.82 Å². The molecule has 1 aliphatic rings. The summed E-state index contributed by atoms with van der Waals surface area (Å²) in [6, 6.07) is 7.74. The van der Waals surface area contributed by atoms with E-state index in [2.05, 4.69) is 10.1 Å². The predicted octanol–water partition coefficient (Wildman–Crippen LogP) is 4.39. The van der Waals surface area contributed by atoms with E-state index in [0.29, 0.717) is 25.3 Å². The van der Waals surface area contributed by atoms with Gasteiger partial charge in [0.05, 0.1) is 11.1 Å². The number of aromatic nitrogens is 2. The Kier molecular flexibility index (Phi) is 5.52. The number of rotatable bonds is 4. The van der Waals surface area contributed by atoms with Crippen molar-refractivity contribution in [1.82, 2.24) is 15.0 Å². The fourth-order valence-electron chi connectivity index (χ4n) is 3.61. The summed E-state index contributed by atoms with van der Waals surface area (Å²) in [5.41, 5.74) is -0.282. The number of likely N-dealkylation sites (tertiary alicyclic amines) is 1. The number of hydrogen-bond donors (Lipinski definition) is 0. The van der Waals surface area contributed by atoms with E-state index in [1.165, 1.54) is 11.0 Å². The standard InChI is InChI=1S/C21H17F4N3O2/c22-15-6-2-1-5-13(15)20-26-17(30-27-20)10-12-4-3-9-28(11-12)21(29)14-7-8-16(23)19(25)18(14)24/h1-2,5-8,12H,3-4,9-11H2/t12-/m0/s1. The highest BCUT2D eigenvalue weighted by molar-refractivity contribution is 5.94. The molecule has 3 aromatic rings. The minimum absolute atomic E-state index is 0.0509. The Morgan fingerprint density at radius 1 is 1.07 bits per heavy atom. The minimum atomic E-state index is -1.67. The van der Waals surface area contributed by atoms with Crippen molar-refractivity contribution in [2.24, 2.45) is 5.92 Å². The summed E-state index contributed by atoms with van der Waals surface area (Å²) in [5, 5.41) is 3.81. The first kappa shape index (κ1) is 20.1. The molecule has 2 aromatic carbocycles. The van der Waals surface area contributed by atoms with Gasteiger partial charge in [0.25, 0.3) is 5.91 Å². The molecule has 0 bridgehead atoms. The highest BCUT2D eigenvalue weighted by Crippen LogP contribution is 2.25. The minimum Gasteiger partial charge on any atom is -0.339 e. The lowest BCUT2D eigenvalue weighted by atomic mass is 9.94. The second kappa shape index (κ2) is 8.25. The first-order chi connectivity index (χ1) is 14.4. The molecule has 0 N–H and O–H groups in total. The largest absolute Gasteiger partial charge is 0.339 e. The van der Waals surface area contributed by atoms with Gasteiger partial charge in [-0.15, -0.1) is 0 Å². The van der Waals surface area contributed by atoms with Crippen LogP contribution in [0.15, 0.2) is 40.9 Å². The van der Waals surface area contributed by atoms with Crippen molar-refractivity contribution >= 4 is 5.91 Å². The Bertz CT molecular complexity index is 1090. The summed E-state index contributed by atoms with van der Waals surface area (Å²) in [6.07, 6.45) is 1.77. The molecule has 0 radical (unpaired) electrons. The van der Waals surface area contributed by atoms with Gasteiger partial charge in [-0.1, -0.05) is 17.3 Å². The van der Waals surface area contributed by atoms with Crippen molar-refractivity contribution in [1.29, 1.82) is 0 Å². The van der Waals surface area contributed by atoms with Crippen LogP contribution in [0.4, 0.5) is 17.6 Å². The van der Waals surface area contributed by atoms with Crippen LogP contribution in [-0.2, 0) is 6.42 Å². The van der Waals surface area contributed by atoms with E-state index in [1.807, 2.05) is 0 Å². The number of amides is 1. The topological polar surface area (TPSA) is 59.2 Å². The Balaban J connectivity index is 1.46. The van der Waals surface area contributed by atoms with Gasteiger partial charge in [-0.05, 0) is 43.0 Å². The number of hydrogen-bond acceptors (Lipinski definition) is 4. The molecular weight excluding hydrogens is 402 g/mol. The van der Waals surface area contributed by atoms with Crippen LogP contribution < -0.4 is 0 Å². The lowest BCUT2D eigenvalue weighted by Gasteiger charge is -2.32. The molecule has 1 saturated heterocycles. The van der Waals surface area contributed by atoms with Crippen molar-refractivity contribution in [3.63, 3.8) is 0 Å². The zero-order valence-corrected chi connectivity index (χ0v) is 15.7. The molecule has 1 amide bonds. The maximum atomic E-state index is 14.0. The fourth-order valence-corrected chi connectivity index (χ4v) is 3.61. The average molecular weight is 419 g/mol. The van der Waals surface area contributed by atoms with Crippen LogP contribution in [-0.4, -0.2) is 34.0 Å². The summed E-state index contributed by atoms with van der Waals surface area (Å²) >= 11 is 0. The van der Waals surface area contributed by atoms with Gasteiger partial charge in [0.15, 0.2) is 17.5 Å². The molecule has 1 aromatic heterocycles. The van der Waals surface area contributed by atoms with Crippen molar-refractivity contribution in [2.75, 3.05) is 13.1 Å². The normalized spacial score (nSPS) is 16.7. The predicted molar refractivity (Wildman–Crippen MR) is 98.3 cm³/mol. The van der Waals surface area contributed by atoms with Gasteiger partial charge in [-0.2, -0.15) is 4.98 Å². The molecule has 1 aliphatic heterocycles. The molecule has 9 heteroatoms. The van der Waals surface area contributed by atoms with Crippen LogP contribution in [0, 0.1) is 29.2 Å². The first-order valence-electron chi connectivity index (χ1n) is 9.44. The lowest BCUT2D eigenvalue weighted by molar-refractivity contribution is 0.0662. The van der Waals surface area contributed by atoms with Gasteiger partial charge < -0.3 is 9.42 Å². The monoisotopic (exact) mass is 419 g/mol. The highest BCUT2D eigenvalue weighted by atomic mass is 19.2.